The van der Waals surface area contributed by atoms with Gasteiger partial charge < -0.3 is 18.1 Å². The Balaban J connectivity index is 1.24. The lowest BCUT2D eigenvalue weighted by molar-refractivity contribution is 0.387. The Bertz CT molecular complexity index is 1770. The van der Waals surface area contributed by atoms with E-state index >= 15 is 0 Å². The number of hydrogen-bond acceptors (Lipinski definition) is 6. The van der Waals surface area contributed by atoms with Crippen LogP contribution in [0.1, 0.15) is 6.92 Å². The van der Waals surface area contributed by atoms with Crippen molar-refractivity contribution in [2.45, 2.75) is 6.92 Å². The van der Waals surface area contributed by atoms with Crippen molar-refractivity contribution in [1.29, 1.82) is 0 Å². The van der Waals surface area contributed by atoms with Crippen LogP contribution in [0, 0.1) is 17.8 Å². The summed E-state index contributed by atoms with van der Waals surface area (Å²) in [5.41, 5.74) is 0. The van der Waals surface area contributed by atoms with E-state index in [1.807, 2.05) is 122 Å². The summed E-state index contributed by atoms with van der Waals surface area (Å²) in [5, 5.41) is 1.08. The normalized spacial score (nSPS) is 18.2. The summed E-state index contributed by atoms with van der Waals surface area (Å²) in [4.78, 5) is 0. The van der Waals surface area contributed by atoms with E-state index in [0.717, 1.165) is 0 Å². The molecule has 46 heavy (non-hydrogen) atoms. The SMILES string of the molecule is CC(/C=C/C1C=CC=C1P(=O)(Oc1ccccc1)Oc1ccccc1)C1C=CC=C1P(=O)(Oc1ccccc1)Oc1ccccc1. The maximum Gasteiger partial charge on any atom is 0.459 e. The van der Waals surface area contributed by atoms with Gasteiger partial charge in [0.25, 0.3) is 0 Å². The van der Waals surface area contributed by atoms with Crippen molar-refractivity contribution in [1.82, 2.24) is 0 Å². The lowest BCUT2D eigenvalue weighted by atomic mass is 9.93. The standard InChI is InChI=1S/C38H34O6P2/c1-30(36-25-15-27-38(36)46(40,43-34-21-10-4-11-22-34)44-35-23-12-5-13-24-35)28-29-31-16-14-26-37(31)45(39,41-32-17-6-2-7-18-32)42-33-19-8-3-9-20-33/h2-31,36H,1H3/b29-28+. The van der Waals surface area contributed by atoms with Gasteiger partial charge in [0.2, 0.25) is 0 Å². The van der Waals surface area contributed by atoms with Gasteiger partial charge in [0, 0.05) is 11.8 Å². The van der Waals surface area contributed by atoms with E-state index in [9.17, 15) is 9.13 Å². The fourth-order valence-electron chi connectivity index (χ4n) is 5.27. The molecule has 0 radical (unpaired) electrons. The van der Waals surface area contributed by atoms with Crippen LogP contribution in [0.15, 0.2) is 181 Å². The van der Waals surface area contributed by atoms with E-state index in [1.165, 1.54) is 0 Å². The highest BCUT2D eigenvalue weighted by Gasteiger charge is 2.42. The van der Waals surface area contributed by atoms with Crippen LogP contribution in [0.4, 0.5) is 0 Å². The third-order valence-corrected chi connectivity index (χ3v) is 11.5. The highest BCUT2D eigenvalue weighted by molar-refractivity contribution is 7.59. The summed E-state index contributed by atoms with van der Waals surface area (Å²) >= 11 is 0. The van der Waals surface area contributed by atoms with Gasteiger partial charge >= 0.3 is 15.2 Å². The Morgan fingerprint density at radius 1 is 0.543 bits per heavy atom. The first-order valence-electron chi connectivity index (χ1n) is 15.1. The first-order valence-corrected chi connectivity index (χ1v) is 18.2. The predicted octanol–water partition coefficient (Wildman–Crippen LogP) is 11.0. The molecule has 6 rings (SSSR count). The molecule has 4 aromatic rings. The Hall–Kier alpha value is -4.76. The van der Waals surface area contributed by atoms with Crippen LogP contribution in [0.3, 0.4) is 0 Å². The molecule has 2 aliphatic rings. The smallest absolute Gasteiger partial charge is 0.413 e. The zero-order valence-corrected chi connectivity index (χ0v) is 27.0. The third kappa shape index (κ3) is 7.37. The molecule has 0 heterocycles. The quantitative estimate of drug-likeness (QED) is 0.106. The highest BCUT2D eigenvalue weighted by Crippen LogP contribution is 2.62. The van der Waals surface area contributed by atoms with Gasteiger partial charge in [0.15, 0.2) is 0 Å². The van der Waals surface area contributed by atoms with E-state index in [-0.39, 0.29) is 17.8 Å². The van der Waals surface area contributed by atoms with E-state index in [1.54, 1.807) is 54.6 Å². The molecular weight excluding hydrogens is 614 g/mol. The minimum atomic E-state index is -3.83. The molecule has 4 aromatic carbocycles. The van der Waals surface area contributed by atoms with Crippen molar-refractivity contribution in [2.24, 2.45) is 17.8 Å². The Morgan fingerprint density at radius 3 is 1.35 bits per heavy atom. The number of para-hydroxylation sites is 4. The van der Waals surface area contributed by atoms with Gasteiger partial charge in [-0.15, -0.1) is 0 Å². The van der Waals surface area contributed by atoms with Crippen molar-refractivity contribution in [3.8, 4) is 23.0 Å². The topological polar surface area (TPSA) is 71.1 Å². The van der Waals surface area contributed by atoms with Crippen LogP contribution in [0.2, 0.25) is 0 Å². The average Bonchev–Trinajstić information content (AvgIpc) is 3.77. The Labute approximate surface area is 270 Å². The molecule has 3 unspecified atom stereocenters. The Morgan fingerprint density at radius 2 is 0.913 bits per heavy atom. The molecule has 232 valence electrons. The molecule has 2 aliphatic carbocycles. The van der Waals surface area contributed by atoms with Crippen LogP contribution in [-0.4, -0.2) is 0 Å². The van der Waals surface area contributed by atoms with Gasteiger partial charge in [-0.2, -0.15) is 0 Å². The van der Waals surface area contributed by atoms with Crippen LogP contribution < -0.4 is 18.1 Å². The molecule has 0 amide bonds. The summed E-state index contributed by atoms with van der Waals surface area (Å²) in [7, 11) is -7.66. The molecule has 0 bridgehead atoms. The second-order valence-corrected chi connectivity index (χ2v) is 14.6. The van der Waals surface area contributed by atoms with Gasteiger partial charge in [-0.3, -0.25) is 0 Å². The van der Waals surface area contributed by atoms with Crippen molar-refractivity contribution >= 4 is 15.2 Å². The maximum atomic E-state index is 14.6. The molecule has 3 atom stereocenters. The molecule has 0 spiro atoms. The lowest BCUT2D eigenvalue weighted by Gasteiger charge is -2.27. The molecule has 0 aromatic heterocycles. The first-order chi connectivity index (χ1) is 22.4. The number of rotatable bonds is 13. The van der Waals surface area contributed by atoms with Gasteiger partial charge in [0.1, 0.15) is 23.0 Å². The number of hydrogen-bond donors (Lipinski definition) is 0. The first kappa shape index (κ1) is 31.2. The van der Waals surface area contributed by atoms with Crippen LogP contribution >= 0.6 is 15.2 Å². The van der Waals surface area contributed by atoms with Crippen LogP contribution in [0.25, 0.3) is 0 Å². The van der Waals surface area contributed by atoms with E-state index in [0.29, 0.717) is 33.6 Å². The molecule has 0 N–H and O–H groups in total. The highest BCUT2D eigenvalue weighted by atomic mass is 31.2. The third-order valence-electron chi connectivity index (χ3n) is 7.55. The Kier molecular flexibility index (Phi) is 9.59. The van der Waals surface area contributed by atoms with Gasteiger partial charge in [-0.1, -0.05) is 116 Å². The summed E-state index contributed by atoms with van der Waals surface area (Å²) in [6, 6.07) is 36.1. The van der Waals surface area contributed by atoms with Gasteiger partial charge in [-0.25, -0.2) is 9.13 Å². The minimum Gasteiger partial charge on any atom is -0.413 e. The monoisotopic (exact) mass is 648 g/mol. The molecule has 0 aliphatic heterocycles. The molecule has 8 heteroatoms. The summed E-state index contributed by atoms with van der Waals surface area (Å²) in [6.07, 6.45) is 15.3. The van der Waals surface area contributed by atoms with E-state index in [2.05, 4.69) is 0 Å². The lowest BCUT2D eigenvalue weighted by Crippen LogP contribution is -2.14. The average molecular weight is 649 g/mol. The van der Waals surface area contributed by atoms with Gasteiger partial charge in [0.05, 0.1) is 10.6 Å². The molecule has 0 fully saturated rings. The number of benzene rings is 4. The summed E-state index contributed by atoms with van der Waals surface area (Å²) in [6.45, 7) is 2.04. The maximum absolute atomic E-state index is 14.6. The van der Waals surface area contributed by atoms with Crippen LogP contribution in [0.5, 0.6) is 23.0 Å². The molecule has 0 saturated carbocycles. The fraction of sp³-hybridized carbons (Fsp3) is 0.105. The zero-order valence-electron chi connectivity index (χ0n) is 25.2. The second-order valence-electron chi connectivity index (χ2n) is 10.9. The second kappa shape index (κ2) is 14.1. The van der Waals surface area contributed by atoms with E-state index < -0.39 is 15.2 Å². The largest absolute Gasteiger partial charge is 0.459 e. The minimum absolute atomic E-state index is 0.114. The van der Waals surface area contributed by atoms with Crippen molar-refractivity contribution in [2.75, 3.05) is 0 Å². The van der Waals surface area contributed by atoms with E-state index in [4.69, 9.17) is 18.1 Å². The van der Waals surface area contributed by atoms with Crippen LogP contribution in [-0.2, 0) is 9.13 Å². The van der Waals surface area contributed by atoms with Crippen molar-refractivity contribution < 1.29 is 27.2 Å². The summed E-state index contributed by atoms with van der Waals surface area (Å²) in [5.74, 6) is 1.08. The van der Waals surface area contributed by atoms with Crippen molar-refractivity contribution in [3.05, 3.63) is 181 Å². The number of allylic oxidation sites excluding steroid dienone is 10. The molecule has 6 nitrogen and oxygen atoms in total. The summed E-state index contributed by atoms with van der Waals surface area (Å²) < 4.78 is 53.6. The predicted molar refractivity (Wildman–Crippen MR) is 183 cm³/mol. The van der Waals surface area contributed by atoms with Crippen molar-refractivity contribution in [3.63, 3.8) is 0 Å². The fourth-order valence-corrected chi connectivity index (χ4v) is 9.12. The molecular formula is C38H34O6P2. The van der Waals surface area contributed by atoms with Gasteiger partial charge in [-0.05, 0) is 66.6 Å². The zero-order chi connectivity index (χ0) is 31.8. The molecule has 0 saturated heterocycles.